The van der Waals surface area contributed by atoms with Gasteiger partial charge in [-0.25, -0.2) is 0 Å². The average Bonchev–Trinajstić information content (AvgIpc) is 3.20. The molecule has 134 valence electrons. The number of amides is 1. The van der Waals surface area contributed by atoms with Gasteiger partial charge in [-0.3, -0.25) is 4.79 Å². The van der Waals surface area contributed by atoms with Gasteiger partial charge in [0.15, 0.2) is 5.82 Å². The summed E-state index contributed by atoms with van der Waals surface area (Å²) < 4.78 is 5.31. The highest BCUT2D eigenvalue weighted by atomic mass is 16.5. The summed E-state index contributed by atoms with van der Waals surface area (Å²) in [5, 5.41) is 7.12. The molecule has 1 saturated carbocycles. The second kappa shape index (κ2) is 6.98. The molecule has 1 aromatic heterocycles. The maximum atomic E-state index is 12.4. The maximum absolute atomic E-state index is 12.4. The Hall–Kier alpha value is -2.17. The maximum Gasteiger partial charge on any atom is 0.257 e. The van der Waals surface area contributed by atoms with Gasteiger partial charge in [0.05, 0.1) is 0 Å². The highest BCUT2D eigenvalue weighted by Crippen LogP contribution is 2.45. The first kappa shape index (κ1) is 17.6. The van der Waals surface area contributed by atoms with Crippen LogP contribution in [0.4, 0.5) is 0 Å². The Morgan fingerprint density at radius 2 is 2.00 bits per heavy atom. The summed E-state index contributed by atoms with van der Waals surface area (Å²) >= 11 is 0. The van der Waals surface area contributed by atoms with Gasteiger partial charge in [-0.05, 0) is 48.4 Å². The summed E-state index contributed by atoms with van der Waals surface area (Å²) in [5.41, 5.74) is 1.75. The van der Waals surface area contributed by atoms with Crippen molar-refractivity contribution in [3.63, 3.8) is 0 Å². The van der Waals surface area contributed by atoms with Crippen LogP contribution in [0.1, 0.15) is 63.1 Å². The van der Waals surface area contributed by atoms with Crippen molar-refractivity contribution >= 4 is 5.91 Å². The van der Waals surface area contributed by atoms with E-state index in [1.807, 2.05) is 24.3 Å². The molecule has 0 spiro atoms. The fourth-order valence-electron chi connectivity index (χ4n) is 3.14. The number of carbonyl (C=O) groups excluding carboxylic acids is 1. The summed E-state index contributed by atoms with van der Waals surface area (Å²) in [4.78, 5) is 16.8. The van der Waals surface area contributed by atoms with E-state index < -0.39 is 0 Å². The molecule has 5 nitrogen and oxygen atoms in total. The molecule has 2 aromatic rings. The summed E-state index contributed by atoms with van der Waals surface area (Å²) in [5.74, 6) is 1.79. The highest BCUT2D eigenvalue weighted by Gasteiger charge is 2.45. The molecule has 1 amide bonds. The van der Waals surface area contributed by atoms with Gasteiger partial charge in [0.1, 0.15) is 0 Å². The molecule has 0 unspecified atom stereocenters. The van der Waals surface area contributed by atoms with E-state index in [1.165, 1.54) is 0 Å². The number of hydrogen-bond donors (Lipinski definition) is 1. The number of nitrogens with one attached hydrogen (secondary N) is 1. The molecule has 3 rings (SSSR count). The number of rotatable bonds is 6. The lowest BCUT2D eigenvalue weighted by atomic mass is 9.90. The smallest absolute Gasteiger partial charge is 0.257 e. The van der Waals surface area contributed by atoms with Crippen LogP contribution < -0.4 is 5.32 Å². The Kier molecular flexibility index (Phi) is 4.93. The molecule has 0 saturated heterocycles. The summed E-state index contributed by atoms with van der Waals surface area (Å²) in [6.45, 7) is 8.80. The normalized spacial score (nSPS) is 19.7. The molecular weight excluding hydrogens is 314 g/mol. The van der Waals surface area contributed by atoms with Crippen LogP contribution in [0.5, 0.6) is 0 Å². The van der Waals surface area contributed by atoms with Crippen LogP contribution in [0.2, 0.25) is 0 Å². The van der Waals surface area contributed by atoms with Gasteiger partial charge in [0.2, 0.25) is 0 Å². The number of aromatic nitrogens is 2. The molecule has 1 N–H and O–H groups in total. The lowest BCUT2D eigenvalue weighted by Gasteiger charge is -2.18. The molecule has 1 fully saturated rings. The monoisotopic (exact) mass is 341 g/mol. The third kappa shape index (κ3) is 4.27. The first-order chi connectivity index (χ1) is 11.9. The van der Waals surface area contributed by atoms with E-state index in [4.69, 9.17) is 4.52 Å². The van der Waals surface area contributed by atoms with Crippen LogP contribution >= 0.6 is 0 Å². The van der Waals surface area contributed by atoms with Gasteiger partial charge in [-0.1, -0.05) is 39.3 Å². The minimum atomic E-state index is -0.0162. The predicted molar refractivity (Wildman–Crippen MR) is 97.2 cm³/mol. The van der Waals surface area contributed by atoms with E-state index in [2.05, 4.69) is 43.2 Å². The lowest BCUT2D eigenvalue weighted by molar-refractivity contribution is 0.0946. The van der Waals surface area contributed by atoms with Crippen molar-refractivity contribution in [3.8, 4) is 11.5 Å². The second-order valence-corrected chi connectivity index (χ2v) is 7.98. The molecule has 0 aliphatic heterocycles. The quantitative estimate of drug-likeness (QED) is 0.853. The zero-order chi connectivity index (χ0) is 18.0. The number of hydrogen-bond acceptors (Lipinski definition) is 4. The molecule has 1 aliphatic carbocycles. The van der Waals surface area contributed by atoms with Gasteiger partial charge in [0.25, 0.3) is 11.8 Å². The molecule has 1 heterocycles. The van der Waals surface area contributed by atoms with Crippen molar-refractivity contribution in [1.82, 2.24) is 15.5 Å². The summed E-state index contributed by atoms with van der Waals surface area (Å²) in [7, 11) is 0. The summed E-state index contributed by atoms with van der Waals surface area (Å²) in [6.07, 6.45) is 4.05. The standard InChI is InChI=1S/C20H27N3O2/c1-5-6-7-17-22-19(25-23-17)14-10-8-13(9-11-14)18(24)21-16-12-15(16)20(2,3)4/h8-11,15-16H,5-7,12H2,1-4H3,(H,21,24)/t15-,16+/m0/s1. The number of unbranched alkanes of at least 4 members (excludes halogenated alkanes) is 1. The van der Waals surface area contributed by atoms with Gasteiger partial charge in [-0.2, -0.15) is 4.98 Å². The fourth-order valence-corrected chi connectivity index (χ4v) is 3.14. The average molecular weight is 341 g/mol. The van der Waals surface area contributed by atoms with Gasteiger partial charge in [-0.15, -0.1) is 0 Å². The van der Waals surface area contributed by atoms with E-state index in [0.29, 0.717) is 23.4 Å². The van der Waals surface area contributed by atoms with Crippen LogP contribution in [0.25, 0.3) is 11.5 Å². The number of nitrogens with zero attached hydrogens (tertiary/aromatic N) is 2. The Labute approximate surface area is 149 Å². The zero-order valence-electron chi connectivity index (χ0n) is 15.5. The third-order valence-electron chi connectivity index (χ3n) is 4.84. The van der Waals surface area contributed by atoms with Crippen LogP contribution in [0, 0.1) is 11.3 Å². The molecule has 5 heteroatoms. The van der Waals surface area contributed by atoms with Crippen molar-refractivity contribution < 1.29 is 9.32 Å². The second-order valence-electron chi connectivity index (χ2n) is 7.98. The minimum absolute atomic E-state index is 0.0162. The highest BCUT2D eigenvalue weighted by molar-refractivity contribution is 5.95. The first-order valence-corrected chi connectivity index (χ1v) is 9.12. The lowest BCUT2D eigenvalue weighted by Crippen LogP contribution is -2.29. The van der Waals surface area contributed by atoms with Crippen LogP contribution in [-0.4, -0.2) is 22.1 Å². The van der Waals surface area contributed by atoms with E-state index in [9.17, 15) is 4.79 Å². The van der Waals surface area contributed by atoms with Gasteiger partial charge < -0.3 is 9.84 Å². The fraction of sp³-hybridized carbons (Fsp3) is 0.550. The van der Waals surface area contributed by atoms with E-state index in [1.54, 1.807) is 0 Å². The number of carbonyl (C=O) groups is 1. The topological polar surface area (TPSA) is 68.0 Å². The molecule has 0 radical (unpaired) electrons. The zero-order valence-corrected chi connectivity index (χ0v) is 15.5. The van der Waals surface area contributed by atoms with Crippen LogP contribution in [0.3, 0.4) is 0 Å². The van der Waals surface area contributed by atoms with Crippen molar-refractivity contribution in [3.05, 3.63) is 35.7 Å². The van der Waals surface area contributed by atoms with Gasteiger partial charge in [0, 0.05) is 23.6 Å². The van der Waals surface area contributed by atoms with Crippen molar-refractivity contribution in [1.29, 1.82) is 0 Å². The van der Waals surface area contributed by atoms with E-state index in [-0.39, 0.29) is 11.3 Å². The Morgan fingerprint density at radius 1 is 1.28 bits per heavy atom. The Morgan fingerprint density at radius 3 is 2.60 bits per heavy atom. The molecule has 25 heavy (non-hydrogen) atoms. The minimum Gasteiger partial charge on any atom is -0.349 e. The van der Waals surface area contributed by atoms with Crippen LogP contribution in [0.15, 0.2) is 28.8 Å². The molecular formula is C20H27N3O2. The van der Waals surface area contributed by atoms with Crippen molar-refractivity contribution in [2.24, 2.45) is 11.3 Å². The van der Waals surface area contributed by atoms with E-state index in [0.717, 1.165) is 37.1 Å². The molecule has 0 bridgehead atoms. The van der Waals surface area contributed by atoms with Crippen LogP contribution in [-0.2, 0) is 6.42 Å². The van der Waals surface area contributed by atoms with Gasteiger partial charge >= 0.3 is 0 Å². The summed E-state index contributed by atoms with van der Waals surface area (Å²) in [6, 6.07) is 7.65. The Bertz CT molecular complexity index is 728. The molecule has 2 atom stereocenters. The first-order valence-electron chi connectivity index (χ1n) is 9.12. The molecule has 1 aliphatic rings. The molecule has 1 aromatic carbocycles. The van der Waals surface area contributed by atoms with Crippen molar-refractivity contribution in [2.45, 2.75) is 59.4 Å². The van der Waals surface area contributed by atoms with Crippen molar-refractivity contribution in [2.75, 3.05) is 0 Å². The SMILES string of the molecule is CCCCc1noc(-c2ccc(C(=O)N[C@@H]3C[C@@H]3C(C)(C)C)cc2)n1. The van der Waals surface area contributed by atoms with E-state index >= 15 is 0 Å². The predicted octanol–water partition coefficient (Wildman–Crippen LogP) is 4.24. The third-order valence-corrected chi connectivity index (χ3v) is 4.84. The Balaban J connectivity index is 1.60. The number of aryl methyl sites for hydroxylation is 1. The number of benzene rings is 1. The largest absolute Gasteiger partial charge is 0.349 e.